The molecule has 0 radical (unpaired) electrons. The number of thiophene rings is 1. The normalized spacial score (nSPS) is 19.3. The summed E-state index contributed by atoms with van der Waals surface area (Å²) in [6.45, 7) is 9.73. The lowest BCUT2D eigenvalue weighted by Gasteiger charge is -2.32. The summed E-state index contributed by atoms with van der Waals surface area (Å²) < 4.78 is 5.11. The summed E-state index contributed by atoms with van der Waals surface area (Å²) in [5, 5.41) is 9.13. The molecular weight excluding hydrogens is 513 g/mol. The molecule has 1 aromatic rings. The van der Waals surface area contributed by atoms with Gasteiger partial charge in [-0.2, -0.15) is 0 Å². The molecule has 2 aliphatic heterocycles. The maximum absolute atomic E-state index is 11.9. The van der Waals surface area contributed by atoms with E-state index in [0.29, 0.717) is 18.7 Å². The monoisotopic (exact) mass is 549 g/mol. The summed E-state index contributed by atoms with van der Waals surface area (Å²) in [5.41, 5.74) is 0. The van der Waals surface area contributed by atoms with Crippen LogP contribution in [0.5, 0.6) is 0 Å². The number of piperidine rings is 1. The first kappa shape index (κ1) is 25.2. The summed E-state index contributed by atoms with van der Waals surface area (Å²) in [5.74, 6) is 0.878. The fourth-order valence-corrected chi connectivity index (χ4v) is 4.88. The molecule has 170 valence electrons. The van der Waals surface area contributed by atoms with E-state index in [2.05, 4.69) is 40.0 Å². The lowest BCUT2D eigenvalue weighted by Crippen LogP contribution is -2.50. The number of amides is 1. The van der Waals surface area contributed by atoms with Crippen molar-refractivity contribution in [3.05, 3.63) is 22.4 Å². The van der Waals surface area contributed by atoms with Crippen molar-refractivity contribution in [1.29, 1.82) is 0 Å². The first-order valence-corrected chi connectivity index (χ1v) is 11.8. The van der Waals surface area contributed by atoms with Crippen LogP contribution in [0.25, 0.3) is 0 Å². The third kappa shape index (κ3) is 7.26. The number of hydrogen-bond donors (Lipinski definition) is 2. The Kier molecular flexibility index (Phi) is 11.2. The smallest absolute Gasteiger partial charge is 0.409 e. The topological polar surface area (TPSA) is 69.2 Å². The second-order valence-corrected chi connectivity index (χ2v) is 8.58. The maximum atomic E-state index is 11.9. The number of carbonyl (C=O) groups is 1. The molecule has 2 fully saturated rings. The van der Waals surface area contributed by atoms with Crippen LogP contribution in [0.1, 0.15) is 50.4 Å². The van der Waals surface area contributed by atoms with E-state index in [1.54, 1.807) is 4.90 Å². The number of likely N-dealkylation sites (tertiary alicyclic amines) is 2. The molecule has 9 heteroatoms. The first-order valence-electron chi connectivity index (χ1n) is 10.9. The molecule has 2 aliphatic rings. The van der Waals surface area contributed by atoms with Gasteiger partial charge in [0.1, 0.15) is 0 Å². The first-order chi connectivity index (χ1) is 14.2. The fraction of sp³-hybridized carbons (Fsp3) is 0.714. The largest absolute Gasteiger partial charge is 0.450 e. The second-order valence-electron chi connectivity index (χ2n) is 7.60. The van der Waals surface area contributed by atoms with Gasteiger partial charge in [-0.1, -0.05) is 6.07 Å². The van der Waals surface area contributed by atoms with Crippen molar-refractivity contribution in [1.82, 2.24) is 20.4 Å². The molecule has 0 aromatic carbocycles. The Balaban J connectivity index is 0.00000320. The maximum Gasteiger partial charge on any atom is 0.409 e. The number of nitrogens with zero attached hydrogens (tertiary/aromatic N) is 3. The van der Waals surface area contributed by atoms with E-state index in [0.717, 1.165) is 58.1 Å². The Hall–Kier alpha value is -1.07. The Morgan fingerprint density at radius 1 is 1.27 bits per heavy atom. The predicted molar refractivity (Wildman–Crippen MR) is 134 cm³/mol. The number of guanidine groups is 1. The third-order valence-corrected chi connectivity index (χ3v) is 6.55. The van der Waals surface area contributed by atoms with Gasteiger partial charge in [0, 0.05) is 30.6 Å². The van der Waals surface area contributed by atoms with E-state index in [1.165, 1.54) is 17.7 Å². The summed E-state index contributed by atoms with van der Waals surface area (Å²) in [6, 6.07) is 5.05. The lowest BCUT2D eigenvalue weighted by molar-refractivity contribution is 0.0963. The third-order valence-electron chi connectivity index (χ3n) is 5.58. The number of carbonyl (C=O) groups excluding carboxylic acids is 1. The Bertz CT molecular complexity index is 644. The van der Waals surface area contributed by atoms with Crippen LogP contribution < -0.4 is 10.6 Å². The zero-order valence-electron chi connectivity index (χ0n) is 18.1. The number of hydrogen-bond acceptors (Lipinski definition) is 5. The summed E-state index contributed by atoms with van der Waals surface area (Å²) in [6.07, 6.45) is 4.18. The van der Waals surface area contributed by atoms with E-state index in [9.17, 15) is 4.79 Å². The molecule has 0 aliphatic carbocycles. The van der Waals surface area contributed by atoms with Gasteiger partial charge in [0.25, 0.3) is 0 Å². The summed E-state index contributed by atoms with van der Waals surface area (Å²) >= 11 is 1.82. The Morgan fingerprint density at radius 3 is 2.60 bits per heavy atom. The van der Waals surface area contributed by atoms with Gasteiger partial charge >= 0.3 is 6.09 Å². The molecule has 0 saturated carbocycles. The molecule has 0 spiro atoms. The molecule has 2 N–H and O–H groups in total. The molecule has 2 saturated heterocycles. The van der Waals surface area contributed by atoms with Gasteiger partial charge in [-0.05, 0) is 64.1 Å². The lowest BCUT2D eigenvalue weighted by atomic mass is 10.1. The van der Waals surface area contributed by atoms with Gasteiger partial charge in [0.15, 0.2) is 5.96 Å². The zero-order valence-corrected chi connectivity index (χ0v) is 21.3. The SMILES string of the molecule is CCNC(=NCC(c1cccs1)N1CCCC1)NC1CCN(C(=O)OCC)CC1.I. The molecular formula is C21H36IN5O2S. The number of nitrogens with one attached hydrogen (secondary N) is 2. The quantitative estimate of drug-likeness (QED) is 0.309. The molecule has 3 rings (SSSR count). The minimum Gasteiger partial charge on any atom is -0.450 e. The van der Waals surface area contributed by atoms with Crippen LogP contribution in [-0.2, 0) is 4.74 Å². The van der Waals surface area contributed by atoms with E-state index in [-0.39, 0.29) is 30.1 Å². The Morgan fingerprint density at radius 2 is 2.00 bits per heavy atom. The number of ether oxygens (including phenoxy) is 1. The van der Waals surface area contributed by atoms with Crippen molar-refractivity contribution < 1.29 is 9.53 Å². The standard InChI is InChI=1S/C21H35N5O2S.HI/c1-3-22-20(24-17-9-13-26(14-10-17)21(27)28-4-2)23-16-18(19-8-7-15-29-19)25-11-5-6-12-25;/h7-8,15,17-18H,3-6,9-14,16H2,1-2H3,(H2,22,23,24);1H. The molecule has 1 atom stereocenters. The van der Waals surface area contributed by atoms with E-state index in [4.69, 9.17) is 9.73 Å². The van der Waals surface area contributed by atoms with Crippen LogP contribution in [0.2, 0.25) is 0 Å². The highest BCUT2D eigenvalue weighted by molar-refractivity contribution is 14.0. The van der Waals surface area contributed by atoms with Crippen molar-refractivity contribution in [3.8, 4) is 0 Å². The zero-order chi connectivity index (χ0) is 20.5. The van der Waals surface area contributed by atoms with Crippen molar-refractivity contribution >= 4 is 47.4 Å². The van der Waals surface area contributed by atoms with Gasteiger partial charge in [-0.3, -0.25) is 9.89 Å². The van der Waals surface area contributed by atoms with Crippen LogP contribution >= 0.6 is 35.3 Å². The Labute approximate surface area is 201 Å². The van der Waals surface area contributed by atoms with Crippen LogP contribution in [0, 0.1) is 0 Å². The van der Waals surface area contributed by atoms with Crippen LogP contribution in [-0.4, -0.2) is 73.8 Å². The minimum absolute atomic E-state index is 0. The van der Waals surface area contributed by atoms with Crippen LogP contribution in [0.15, 0.2) is 22.5 Å². The number of halogens is 1. The minimum atomic E-state index is -0.198. The highest BCUT2D eigenvalue weighted by atomic mass is 127. The number of rotatable bonds is 7. The molecule has 7 nitrogen and oxygen atoms in total. The molecule has 1 unspecified atom stereocenters. The fourth-order valence-electron chi connectivity index (χ4n) is 4.03. The molecule has 30 heavy (non-hydrogen) atoms. The predicted octanol–water partition coefficient (Wildman–Crippen LogP) is 3.68. The van der Waals surface area contributed by atoms with Gasteiger partial charge in [0.2, 0.25) is 0 Å². The van der Waals surface area contributed by atoms with E-state index in [1.807, 2.05) is 18.3 Å². The molecule has 0 bridgehead atoms. The highest BCUT2D eigenvalue weighted by Crippen LogP contribution is 2.28. The van der Waals surface area contributed by atoms with Crippen molar-refractivity contribution in [2.75, 3.05) is 45.9 Å². The summed E-state index contributed by atoms with van der Waals surface area (Å²) in [7, 11) is 0. The average molecular weight is 550 g/mol. The van der Waals surface area contributed by atoms with Gasteiger partial charge < -0.3 is 20.3 Å². The van der Waals surface area contributed by atoms with Gasteiger partial charge in [-0.15, -0.1) is 35.3 Å². The molecule has 3 heterocycles. The molecule has 1 aromatic heterocycles. The van der Waals surface area contributed by atoms with Crippen molar-refractivity contribution in [2.24, 2.45) is 4.99 Å². The molecule has 1 amide bonds. The average Bonchev–Trinajstić information content (AvgIpc) is 3.44. The van der Waals surface area contributed by atoms with Crippen molar-refractivity contribution in [2.45, 2.75) is 51.6 Å². The van der Waals surface area contributed by atoms with Crippen LogP contribution in [0.3, 0.4) is 0 Å². The van der Waals surface area contributed by atoms with E-state index >= 15 is 0 Å². The van der Waals surface area contributed by atoms with Gasteiger partial charge in [-0.25, -0.2) is 4.79 Å². The van der Waals surface area contributed by atoms with Crippen molar-refractivity contribution in [3.63, 3.8) is 0 Å². The van der Waals surface area contributed by atoms with Crippen LogP contribution in [0.4, 0.5) is 4.79 Å². The van der Waals surface area contributed by atoms with E-state index < -0.39 is 0 Å². The second kappa shape index (κ2) is 13.4. The highest BCUT2D eigenvalue weighted by Gasteiger charge is 2.26. The van der Waals surface area contributed by atoms with Gasteiger partial charge in [0.05, 0.1) is 19.2 Å². The summed E-state index contributed by atoms with van der Waals surface area (Å²) in [4.78, 5) is 22.6. The number of aliphatic imine (C=N–C) groups is 1.